The van der Waals surface area contributed by atoms with Gasteiger partial charge in [-0.1, -0.05) is 0 Å². The SMILES string of the molecule is COP(=O)(O)OCCOCCOCCOCCNC(=O)[C@H](CCCCNC(C)=O)NC(C)=O. The topological polar surface area (TPSA) is 171 Å². The fourth-order valence-electron chi connectivity index (χ4n) is 2.43. The molecule has 0 rings (SSSR count). The number of hydrogen-bond donors (Lipinski definition) is 4. The van der Waals surface area contributed by atoms with Crippen molar-refractivity contribution in [2.45, 2.75) is 39.2 Å². The Morgan fingerprint density at radius 1 is 0.818 bits per heavy atom. The van der Waals surface area contributed by atoms with Crippen molar-refractivity contribution in [2.24, 2.45) is 0 Å². The third-order valence-electron chi connectivity index (χ3n) is 3.99. The molecule has 14 heteroatoms. The second-order valence-electron chi connectivity index (χ2n) is 6.84. The Morgan fingerprint density at radius 3 is 1.94 bits per heavy atom. The Labute approximate surface area is 194 Å². The van der Waals surface area contributed by atoms with Crippen molar-refractivity contribution < 1.29 is 47.1 Å². The lowest BCUT2D eigenvalue weighted by atomic mass is 10.1. The van der Waals surface area contributed by atoms with Crippen molar-refractivity contribution in [1.29, 1.82) is 0 Å². The van der Waals surface area contributed by atoms with Gasteiger partial charge < -0.3 is 35.1 Å². The summed E-state index contributed by atoms with van der Waals surface area (Å²) in [5.74, 6) is -0.672. The van der Waals surface area contributed by atoms with Crippen LogP contribution < -0.4 is 16.0 Å². The summed E-state index contributed by atoms with van der Waals surface area (Å²) in [6, 6.07) is -0.632. The van der Waals surface area contributed by atoms with Gasteiger partial charge in [-0.3, -0.25) is 23.4 Å². The minimum Gasteiger partial charge on any atom is -0.377 e. The number of amides is 3. The van der Waals surface area contributed by atoms with Gasteiger partial charge in [-0.2, -0.15) is 0 Å². The summed E-state index contributed by atoms with van der Waals surface area (Å²) in [5.41, 5.74) is 0. The Balaban J connectivity index is 3.71. The summed E-state index contributed by atoms with van der Waals surface area (Å²) in [6.07, 6.45) is 1.86. The Bertz CT molecular complexity index is 608. The Kier molecular flexibility index (Phi) is 18.9. The van der Waals surface area contributed by atoms with E-state index in [4.69, 9.17) is 19.1 Å². The fourth-order valence-corrected chi connectivity index (χ4v) is 2.84. The Hall–Kier alpha value is -1.60. The molecule has 0 aromatic carbocycles. The van der Waals surface area contributed by atoms with Gasteiger partial charge in [0.05, 0.1) is 46.2 Å². The summed E-state index contributed by atoms with van der Waals surface area (Å²) < 4.78 is 35.7. The molecule has 33 heavy (non-hydrogen) atoms. The van der Waals surface area contributed by atoms with Crippen LogP contribution in [0.4, 0.5) is 0 Å². The highest BCUT2D eigenvalue weighted by molar-refractivity contribution is 7.47. The molecule has 0 saturated heterocycles. The lowest BCUT2D eigenvalue weighted by Crippen LogP contribution is -2.46. The summed E-state index contributed by atoms with van der Waals surface area (Å²) in [5, 5.41) is 8.04. The quantitative estimate of drug-likeness (QED) is 0.122. The van der Waals surface area contributed by atoms with Gasteiger partial charge in [0.25, 0.3) is 0 Å². The largest absolute Gasteiger partial charge is 0.471 e. The van der Waals surface area contributed by atoms with Gasteiger partial charge in [-0.05, 0) is 19.3 Å². The number of nitrogens with one attached hydrogen (secondary N) is 3. The second-order valence-corrected chi connectivity index (χ2v) is 8.40. The average Bonchev–Trinajstić information content (AvgIpc) is 2.75. The van der Waals surface area contributed by atoms with Crippen LogP contribution in [0.3, 0.4) is 0 Å². The van der Waals surface area contributed by atoms with E-state index in [1.54, 1.807) is 0 Å². The molecular weight excluding hydrogens is 461 g/mol. The van der Waals surface area contributed by atoms with Crippen molar-refractivity contribution in [3.05, 3.63) is 0 Å². The van der Waals surface area contributed by atoms with E-state index in [9.17, 15) is 18.9 Å². The third kappa shape index (κ3) is 20.7. The van der Waals surface area contributed by atoms with Crippen LogP contribution in [0.2, 0.25) is 0 Å². The van der Waals surface area contributed by atoms with Crippen LogP contribution in [0.1, 0.15) is 33.1 Å². The number of carbonyl (C=O) groups is 3. The maximum absolute atomic E-state index is 12.3. The smallest absolute Gasteiger partial charge is 0.377 e. The highest BCUT2D eigenvalue weighted by Crippen LogP contribution is 2.41. The molecule has 0 aromatic rings. The van der Waals surface area contributed by atoms with E-state index in [0.29, 0.717) is 58.8 Å². The molecule has 0 aromatic heterocycles. The molecule has 13 nitrogen and oxygen atoms in total. The molecule has 0 heterocycles. The highest BCUT2D eigenvalue weighted by Gasteiger charge is 2.18. The second kappa shape index (κ2) is 19.8. The van der Waals surface area contributed by atoms with Gasteiger partial charge in [0.2, 0.25) is 17.7 Å². The van der Waals surface area contributed by atoms with Crippen LogP contribution in [0.5, 0.6) is 0 Å². The van der Waals surface area contributed by atoms with Crippen LogP contribution in [0, 0.1) is 0 Å². The predicted octanol–water partition coefficient (Wildman–Crippen LogP) is -0.273. The van der Waals surface area contributed by atoms with Crippen LogP contribution in [0.25, 0.3) is 0 Å². The van der Waals surface area contributed by atoms with Crippen LogP contribution >= 0.6 is 7.82 Å². The van der Waals surface area contributed by atoms with Crippen molar-refractivity contribution in [1.82, 2.24) is 16.0 Å². The lowest BCUT2D eigenvalue weighted by Gasteiger charge is -2.17. The first-order valence-corrected chi connectivity index (χ1v) is 12.2. The van der Waals surface area contributed by atoms with E-state index in [2.05, 4.69) is 25.0 Å². The zero-order chi connectivity index (χ0) is 25.0. The first kappa shape index (κ1) is 31.4. The van der Waals surface area contributed by atoms with Gasteiger partial charge in [0.15, 0.2) is 0 Å². The van der Waals surface area contributed by atoms with Gasteiger partial charge in [0.1, 0.15) is 6.04 Å². The normalized spacial score (nSPS) is 13.7. The van der Waals surface area contributed by atoms with Crippen molar-refractivity contribution >= 4 is 25.5 Å². The molecule has 0 fully saturated rings. The molecule has 0 aliphatic carbocycles. The fraction of sp³-hybridized carbons (Fsp3) is 0.842. The summed E-state index contributed by atoms with van der Waals surface area (Å²) in [7, 11) is -2.89. The summed E-state index contributed by atoms with van der Waals surface area (Å²) >= 11 is 0. The first-order valence-electron chi connectivity index (χ1n) is 10.7. The summed E-state index contributed by atoms with van der Waals surface area (Å²) in [4.78, 5) is 43.5. The van der Waals surface area contributed by atoms with E-state index >= 15 is 0 Å². The maximum Gasteiger partial charge on any atom is 0.471 e. The molecule has 2 atom stereocenters. The van der Waals surface area contributed by atoms with E-state index in [1.807, 2.05) is 0 Å². The highest BCUT2D eigenvalue weighted by atomic mass is 31.2. The average molecular weight is 499 g/mol. The first-order chi connectivity index (χ1) is 15.7. The van der Waals surface area contributed by atoms with Crippen molar-refractivity contribution in [3.63, 3.8) is 0 Å². The number of rotatable bonds is 21. The van der Waals surface area contributed by atoms with Gasteiger partial charge >= 0.3 is 7.82 Å². The van der Waals surface area contributed by atoms with E-state index < -0.39 is 13.9 Å². The molecule has 1 unspecified atom stereocenters. The third-order valence-corrected chi connectivity index (χ3v) is 4.96. The lowest BCUT2D eigenvalue weighted by molar-refractivity contribution is -0.128. The number of unbranched alkanes of at least 4 members (excludes halogenated alkanes) is 1. The van der Waals surface area contributed by atoms with Crippen molar-refractivity contribution in [3.8, 4) is 0 Å². The van der Waals surface area contributed by atoms with Crippen LogP contribution in [0.15, 0.2) is 0 Å². The van der Waals surface area contributed by atoms with Gasteiger partial charge in [0, 0.05) is 34.0 Å². The summed E-state index contributed by atoms with van der Waals surface area (Å²) in [6.45, 7) is 5.25. The molecule has 0 bridgehead atoms. The molecule has 0 radical (unpaired) electrons. The molecule has 0 aliphatic heterocycles. The molecular formula is C19H38N3O10P. The zero-order valence-corrected chi connectivity index (χ0v) is 20.5. The van der Waals surface area contributed by atoms with Crippen LogP contribution in [-0.2, 0) is 42.2 Å². The van der Waals surface area contributed by atoms with E-state index in [-0.39, 0.29) is 37.5 Å². The number of carbonyl (C=O) groups excluding carboxylic acids is 3. The monoisotopic (exact) mass is 499 g/mol. The minimum absolute atomic E-state index is 0.0731. The number of ether oxygens (including phenoxy) is 3. The molecule has 3 amide bonds. The maximum atomic E-state index is 12.3. The van der Waals surface area contributed by atoms with Gasteiger partial charge in [-0.15, -0.1) is 0 Å². The molecule has 194 valence electrons. The number of phosphoric ester groups is 1. The van der Waals surface area contributed by atoms with E-state index in [0.717, 1.165) is 7.11 Å². The van der Waals surface area contributed by atoms with Crippen molar-refractivity contribution in [2.75, 3.05) is 66.4 Å². The van der Waals surface area contributed by atoms with Gasteiger partial charge in [-0.25, -0.2) is 4.57 Å². The molecule has 4 N–H and O–H groups in total. The number of hydrogen-bond acceptors (Lipinski definition) is 9. The van der Waals surface area contributed by atoms with Crippen LogP contribution in [-0.4, -0.2) is 95.1 Å². The number of phosphoric acid groups is 1. The molecule has 0 spiro atoms. The standard InChI is InChI=1S/C19H38N3O10P/c1-16(23)20-7-5-4-6-18(22-17(2)24)19(25)21-8-9-29-10-11-30-12-13-31-14-15-32-33(26,27)28-3/h18H,4-15H2,1-3H3,(H,20,23)(H,21,25)(H,22,24)(H,26,27)/t18-/m0/s1. The molecule has 0 saturated carbocycles. The predicted molar refractivity (Wildman–Crippen MR) is 118 cm³/mol. The van der Waals surface area contributed by atoms with E-state index in [1.165, 1.54) is 13.8 Å². The molecule has 0 aliphatic rings. The minimum atomic E-state index is -3.97. The Morgan fingerprint density at radius 2 is 1.39 bits per heavy atom. The zero-order valence-electron chi connectivity index (χ0n) is 19.6.